The summed E-state index contributed by atoms with van der Waals surface area (Å²) in [6.07, 6.45) is 0.220. The number of aliphatic hydroxyl groups excluding tert-OH is 1. The summed E-state index contributed by atoms with van der Waals surface area (Å²) in [7, 11) is -2.03. The van der Waals surface area contributed by atoms with Gasteiger partial charge in [-0.3, -0.25) is 4.90 Å². The largest absolute Gasteiger partial charge is 0.465 e. The number of rotatable bonds is 3. The van der Waals surface area contributed by atoms with E-state index >= 15 is 0 Å². The summed E-state index contributed by atoms with van der Waals surface area (Å²) in [6, 6.07) is -0.204. The van der Waals surface area contributed by atoms with Crippen LogP contribution in [0.2, 0.25) is 18.1 Å². The first-order valence-electron chi connectivity index (χ1n) is 8.55. The molecule has 0 heterocycles. The quantitative estimate of drug-likeness (QED) is 0.757. The van der Waals surface area contributed by atoms with E-state index in [0.29, 0.717) is 19.3 Å². The van der Waals surface area contributed by atoms with Crippen LogP contribution in [-0.4, -0.2) is 53.3 Å². The molecule has 0 aromatic rings. The molecule has 1 amide bonds. The predicted octanol–water partition coefficient (Wildman–Crippen LogP) is 4.07. The molecule has 0 bridgehead atoms. The van der Waals surface area contributed by atoms with Gasteiger partial charge in [-0.2, -0.15) is 0 Å². The third kappa shape index (κ3) is 4.94. The first kappa shape index (κ1) is 20.5. The Labute approximate surface area is 142 Å². The highest BCUT2D eigenvalue weighted by molar-refractivity contribution is 6.74. The second-order valence-corrected chi connectivity index (χ2v) is 14.0. The lowest BCUT2D eigenvalue weighted by Crippen LogP contribution is -2.60. The summed E-state index contributed by atoms with van der Waals surface area (Å²) in [5, 5.41) is 19.9. The van der Waals surface area contributed by atoms with E-state index in [-0.39, 0.29) is 17.2 Å². The monoisotopic (exact) mass is 345 g/mol. The summed E-state index contributed by atoms with van der Waals surface area (Å²) in [5.41, 5.74) is -0.492. The molecule has 0 saturated heterocycles. The van der Waals surface area contributed by atoms with E-state index in [2.05, 4.69) is 33.9 Å². The smallest absolute Gasteiger partial charge is 0.408 e. The zero-order chi connectivity index (χ0) is 18.2. The van der Waals surface area contributed by atoms with Crippen molar-refractivity contribution < 1.29 is 19.4 Å². The predicted molar refractivity (Wildman–Crippen MR) is 95.3 cm³/mol. The van der Waals surface area contributed by atoms with Gasteiger partial charge in [0.2, 0.25) is 0 Å². The molecule has 1 rings (SSSR count). The van der Waals surface area contributed by atoms with E-state index in [0.717, 1.165) is 0 Å². The van der Waals surface area contributed by atoms with Crippen molar-refractivity contribution in [2.24, 2.45) is 0 Å². The number of carboxylic acid groups (broad SMARTS) is 1. The molecule has 1 aliphatic rings. The Morgan fingerprint density at radius 1 is 1.13 bits per heavy atom. The van der Waals surface area contributed by atoms with Crippen molar-refractivity contribution in [3.05, 3.63) is 0 Å². The lowest BCUT2D eigenvalue weighted by Gasteiger charge is -2.49. The SMILES string of the molecule is CC(C)(C)N(C(=O)O)[C@H]1CC[C@H](O)C[C@H]1O[Si](C)(C)C(C)(C)C. The first-order chi connectivity index (χ1) is 10.2. The highest BCUT2D eigenvalue weighted by atomic mass is 28.4. The molecular formula is C17H35NO4Si. The first-order valence-corrected chi connectivity index (χ1v) is 11.5. The van der Waals surface area contributed by atoms with Crippen LogP contribution in [0, 0.1) is 0 Å². The van der Waals surface area contributed by atoms with Crippen molar-refractivity contribution in [2.75, 3.05) is 0 Å². The topological polar surface area (TPSA) is 70.0 Å². The summed E-state index contributed by atoms with van der Waals surface area (Å²) in [6.45, 7) is 16.6. The highest BCUT2D eigenvalue weighted by Gasteiger charge is 2.46. The van der Waals surface area contributed by atoms with E-state index in [1.165, 1.54) is 4.90 Å². The number of carbonyl (C=O) groups is 1. The van der Waals surface area contributed by atoms with Crippen LogP contribution in [0.3, 0.4) is 0 Å². The van der Waals surface area contributed by atoms with E-state index < -0.39 is 26.1 Å². The van der Waals surface area contributed by atoms with Gasteiger partial charge in [-0.25, -0.2) is 4.79 Å². The summed E-state index contributed by atoms with van der Waals surface area (Å²) >= 11 is 0. The van der Waals surface area contributed by atoms with Gasteiger partial charge in [-0.05, 0) is 51.7 Å². The van der Waals surface area contributed by atoms with Gasteiger partial charge in [-0.1, -0.05) is 20.8 Å². The molecule has 23 heavy (non-hydrogen) atoms. The fourth-order valence-corrected chi connectivity index (χ4v) is 4.36. The van der Waals surface area contributed by atoms with Crippen molar-refractivity contribution in [1.82, 2.24) is 4.90 Å². The van der Waals surface area contributed by atoms with E-state index in [1.54, 1.807) is 0 Å². The standard InChI is InChI=1S/C17H35NO4Si/c1-16(2,3)18(15(20)21)13-10-9-12(19)11-14(13)22-23(7,8)17(4,5)6/h12-14,19H,9-11H2,1-8H3,(H,20,21)/t12-,13-,14+/m0/s1. The molecule has 0 radical (unpaired) electrons. The van der Waals surface area contributed by atoms with Crippen LogP contribution in [-0.2, 0) is 4.43 Å². The van der Waals surface area contributed by atoms with Gasteiger partial charge < -0.3 is 14.6 Å². The second kappa shape index (κ2) is 6.73. The fourth-order valence-electron chi connectivity index (χ4n) is 3.00. The third-order valence-corrected chi connectivity index (χ3v) is 9.75. The average Bonchev–Trinajstić information content (AvgIpc) is 2.28. The number of aliphatic hydroxyl groups is 1. The maximum Gasteiger partial charge on any atom is 0.408 e. The van der Waals surface area contributed by atoms with Gasteiger partial charge in [0.25, 0.3) is 0 Å². The molecule has 0 spiro atoms. The van der Waals surface area contributed by atoms with Gasteiger partial charge in [0, 0.05) is 12.0 Å². The average molecular weight is 346 g/mol. The zero-order valence-electron chi connectivity index (χ0n) is 16.0. The number of hydrogen-bond acceptors (Lipinski definition) is 3. The molecule has 3 atom stereocenters. The van der Waals surface area contributed by atoms with Crippen molar-refractivity contribution in [1.29, 1.82) is 0 Å². The van der Waals surface area contributed by atoms with E-state index in [4.69, 9.17) is 4.43 Å². The normalized spacial score (nSPS) is 26.9. The van der Waals surface area contributed by atoms with E-state index in [9.17, 15) is 15.0 Å². The Kier molecular flexibility index (Phi) is 5.98. The van der Waals surface area contributed by atoms with Crippen molar-refractivity contribution in [2.45, 2.75) is 103 Å². The van der Waals surface area contributed by atoms with Gasteiger partial charge in [0.05, 0.1) is 18.2 Å². The lowest BCUT2D eigenvalue weighted by atomic mass is 9.87. The third-order valence-electron chi connectivity index (χ3n) is 5.24. The maximum absolute atomic E-state index is 11.9. The molecule has 136 valence electrons. The Morgan fingerprint density at radius 3 is 2.04 bits per heavy atom. The van der Waals surface area contributed by atoms with Crippen molar-refractivity contribution >= 4 is 14.4 Å². The Hall–Kier alpha value is -0.593. The summed E-state index contributed by atoms with van der Waals surface area (Å²) in [4.78, 5) is 13.4. The minimum absolute atomic E-state index is 0.0513. The minimum atomic E-state index is -2.03. The van der Waals surface area contributed by atoms with Crippen molar-refractivity contribution in [3.8, 4) is 0 Å². The minimum Gasteiger partial charge on any atom is -0.465 e. The molecule has 1 fully saturated rings. The van der Waals surface area contributed by atoms with Crippen LogP contribution in [0.5, 0.6) is 0 Å². The number of nitrogens with zero attached hydrogens (tertiary/aromatic N) is 1. The Balaban J connectivity index is 3.11. The molecule has 6 heteroatoms. The molecular weight excluding hydrogens is 310 g/mol. The highest BCUT2D eigenvalue weighted by Crippen LogP contribution is 2.40. The van der Waals surface area contributed by atoms with Gasteiger partial charge in [0.15, 0.2) is 8.32 Å². The summed E-state index contributed by atoms with van der Waals surface area (Å²) < 4.78 is 6.53. The molecule has 2 N–H and O–H groups in total. The van der Waals surface area contributed by atoms with Crippen LogP contribution in [0.15, 0.2) is 0 Å². The molecule has 0 aromatic carbocycles. The van der Waals surface area contributed by atoms with Crippen LogP contribution < -0.4 is 0 Å². The second-order valence-electron chi connectivity index (χ2n) is 9.27. The summed E-state index contributed by atoms with van der Waals surface area (Å²) in [5.74, 6) is 0. The van der Waals surface area contributed by atoms with Crippen molar-refractivity contribution in [3.63, 3.8) is 0 Å². The fraction of sp³-hybridized carbons (Fsp3) is 0.941. The van der Waals surface area contributed by atoms with Crippen LogP contribution in [0.4, 0.5) is 4.79 Å². The van der Waals surface area contributed by atoms with Gasteiger partial charge in [-0.15, -0.1) is 0 Å². The van der Waals surface area contributed by atoms with Crippen LogP contribution in [0.1, 0.15) is 60.8 Å². The van der Waals surface area contributed by atoms with Crippen LogP contribution in [0.25, 0.3) is 0 Å². The lowest BCUT2D eigenvalue weighted by molar-refractivity contribution is -0.0391. The Bertz CT molecular complexity index is 425. The van der Waals surface area contributed by atoms with Crippen LogP contribution >= 0.6 is 0 Å². The molecule has 5 nitrogen and oxygen atoms in total. The van der Waals surface area contributed by atoms with Gasteiger partial charge >= 0.3 is 6.09 Å². The maximum atomic E-state index is 11.9. The molecule has 0 aromatic heterocycles. The van der Waals surface area contributed by atoms with E-state index in [1.807, 2.05) is 20.8 Å². The molecule has 1 aliphatic carbocycles. The Morgan fingerprint density at radius 2 is 1.65 bits per heavy atom. The molecule has 0 unspecified atom stereocenters. The zero-order valence-corrected chi connectivity index (χ0v) is 17.0. The van der Waals surface area contributed by atoms with Gasteiger partial charge in [0.1, 0.15) is 0 Å². The molecule has 0 aliphatic heterocycles. The number of hydrogen-bond donors (Lipinski definition) is 2. The molecule has 1 saturated carbocycles. The number of amides is 1.